The number of hydrogen-bond acceptors (Lipinski definition) is 8. The fraction of sp³-hybridized carbons (Fsp3) is 0.462. The first-order chi connectivity index (χ1) is 35.5. The first-order valence-electron chi connectivity index (χ1n) is 27.0. The Hall–Kier alpha value is -5.29. The smallest absolute Gasteiger partial charge is 0.338 e. The van der Waals surface area contributed by atoms with E-state index in [1.807, 2.05) is 73.7 Å². The van der Waals surface area contributed by atoms with Gasteiger partial charge in [0.2, 0.25) is 0 Å². The minimum absolute atomic E-state index is 0.0146. The molecule has 1 N–H and O–H groups in total. The molecule has 400 valence electrons. The van der Waals surface area contributed by atoms with E-state index in [9.17, 15) is 9.90 Å². The molecule has 0 saturated heterocycles. The van der Waals surface area contributed by atoms with Crippen molar-refractivity contribution in [1.29, 1.82) is 0 Å². The van der Waals surface area contributed by atoms with Gasteiger partial charge in [-0.1, -0.05) is 177 Å². The first-order valence-corrected chi connectivity index (χ1v) is 28.9. The van der Waals surface area contributed by atoms with Crippen LogP contribution in [0.2, 0.25) is 5.04 Å². The van der Waals surface area contributed by atoms with Crippen LogP contribution in [0.4, 0.5) is 0 Å². The van der Waals surface area contributed by atoms with Gasteiger partial charge in [-0.25, -0.2) is 4.79 Å². The predicted molar refractivity (Wildman–Crippen MR) is 306 cm³/mol. The quantitative estimate of drug-likeness (QED) is 0.0267. The van der Waals surface area contributed by atoms with Crippen LogP contribution in [0.3, 0.4) is 0 Å². The predicted octanol–water partition coefficient (Wildman–Crippen LogP) is 14.0. The van der Waals surface area contributed by atoms with Gasteiger partial charge in [0.1, 0.15) is 17.6 Å². The van der Waals surface area contributed by atoms with E-state index in [0.717, 1.165) is 48.3 Å². The normalized spacial score (nSPS) is 16.2. The van der Waals surface area contributed by atoms with E-state index in [1.54, 1.807) is 26.4 Å². The molecular weight excluding hydrogens is 937 g/mol. The molecule has 0 radical (unpaired) electrons. The number of rotatable bonds is 31. The van der Waals surface area contributed by atoms with E-state index in [-0.39, 0.29) is 65.0 Å². The van der Waals surface area contributed by atoms with E-state index >= 15 is 0 Å². The van der Waals surface area contributed by atoms with Gasteiger partial charge in [-0.15, -0.1) is 6.58 Å². The molecule has 0 heterocycles. The van der Waals surface area contributed by atoms with Crippen LogP contribution in [-0.4, -0.2) is 64.1 Å². The molecule has 8 nitrogen and oxygen atoms in total. The minimum atomic E-state index is -2.74. The SMILES string of the molecule is C=C[C@@H](C)[C@H](CC[C@@H](C)[C@H](OCc1ccc(OC)cc1)[C@@H](C)CCC(O)/C=C/[C@@H](C)[C@H](CC[C@H](C)[C@@H](C)O[Si](c1ccccc1)(c1ccccc1)C(C)(C)C)OCc1ccc(OC)cc1)OC(=O)c1ccccc1. The van der Waals surface area contributed by atoms with Crippen LogP contribution in [0.25, 0.3) is 0 Å². The zero-order valence-electron chi connectivity index (χ0n) is 46.5. The Morgan fingerprint density at radius 3 is 1.51 bits per heavy atom. The molecule has 0 saturated carbocycles. The molecule has 1 unspecified atom stereocenters. The monoisotopic (exact) mass is 1020 g/mol. The molecule has 0 aliphatic rings. The summed E-state index contributed by atoms with van der Waals surface area (Å²) in [6.45, 7) is 25.1. The van der Waals surface area contributed by atoms with E-state index < -0.39 is 14.4 Å². The molecule has 0 aromatic heterocycles. The van der Waals surface area contributed by atoms with Gasteiger partial charge >= 0.3 is 5.97 Å². The number of aliphatic hydroxyl groups excluding tert-OH is 1. The third-order valence-electron chi connectivity index (χ3n) is 15.1. The van der Waals surface area contributed by atoms with Gasteiger partial charge in [0.25, 0.3) is 8.32 Å². The van der Waals surface area contributed by atoms with Gasteiger partial charge in [-0.2, -0.15) is 0 Å². The summed E-state index contributed by atoms with van der Waals surface area (Å²) >= 11 is 0. The lowest BCUT2D eigenvalue weighted by Gasteiger charge is -2.45. The van der Waals surface area contributed by atoms with Gasteiger partial charge in [0.15, 0.2) is 0 Å². The van der Waals surface area contributed by atoms with Crippen LogP contribution in [0.5, 0.6) is 11.5 Å². The maximum Gasteiger partial charge on any atom is 0.338 e. The second-order valence-corrected chi connectivity index (χ2v) is 25.9. The van der Waals surface area contributed by atoms with Crippen molar-refractivity contribution in [1.82, 2.24) is 0 Å². The maximum absolute atomic E-state index is 13.2. The van der Waals surface area contributed by atoms with Gasteiger partial charge in [0.05, 0.1) is 51.3 Å². The molecule has 0 aliphatic heterocycles. The lowest BCUT2D eigenvalue weighted by molar-refractivity contribution is -0.0391. The summed E-state index contributed by atoms with van der Waals surface area (Å²) in [5, 5.41) is 14.0. The Bertz CT molecular complexity index is 2350. The van der Waals surface area contributed by atoms with Crippen molar-refractivity contribution in [2.75, 3.05) is 14.2 Å². The molecule has 0 bridgehead atoms. The molecular formula is C65H88O8Si. The molecule has 10 atom stereocenters. The number of benzene rings is 5. The summed E-state index contributed by atoms with van der Waals surface area (Å²) in [6, 6.07) is 46.9. The number of carbonyl (C=O) groups excluding carboxylic acids is 1. The summed E-state index contributed by atoms with van der Waals surface area (Å²) in [5.74, 6) is 1.79. The average molecular weight is 1030 g/mol. The van der Waals surface area contributed by atoms with Crippen molar-refractivity contribution in [3.8, 4) is 11.5 Å². The van der Waals surface area contributed by atoms with Crippen molar-refractivity contribution in [3.63, 3.8) is 0 Å². The lowest BCUT2D eigenvalue weighted by atomic mass is 9.85. The molecule has 0 spiro atoms. The molecule has 5 aromatic rings. The fourth-order valence-electron chi connectivity index (χ4n) is 10.0. The molecule has 5 aromatic carbocycles. The molecule has 9 heteroatoms. The highest BCUT2D eigenvalue weighted by Gasteiger charge is 2.51. The first kappa shape index (κ1) is 59.6. The van der Waals surface area contributed by atoms with Crippen molar-refractivity contribution in [3.05, 3.63) is 181 Å². The number of ether oxygens (including phenoxy) is 5. The highest BCUT2D eigenvalue weighted by Crippen LogP contribution is 2.39. The number of hydrogen-bond donors (Lipinski definition) is 1. The third-order valence-corrected chi connectivity index (χ3v) is 20.2. The Kier molecular flexibility index (Phi) is 23.9. The second-order valence-electron chi connectivity index (χ2n) is 21.7. The van der Waals surface area contributed by atoms with Crippen LogP contribution in [0.15, 0.2) is 164 Å². The summed E-state index contributed by atoms with van der Waals surface area (Å²) in [4.78, 5) is 13.2. The standard InChI is InChI=1S/C65H88O8Si/c1-13-47(2)62(72-64(67)55-23-17-14-18-24-55)44-32-51(6)63(71-46-54-35-41-58(69-12)42-36-54)50(5)30-38-56(66)37-29-49(4)61(70-45-53-33-39-57(68-11)40-34-53)43-31-48(3)52(7)73-74(65(8,9)10,59-25-19-15-20-26-59)60-27-21-16-22-28-60/h13-29,33-37,39-42,47-52,56,61-63,66H,1,30-32,38,43-46H2,2-12H3/b37-29+/t47-,48+,49-,50+,51-,52-,56?,61+,62+,63-/m1/s1. The Morgan fingerprint density at radius 2 is 1.03 bits per heavy atom. The van der Waals surface area contributed by atoms with Crippen LogP contribution >= 0.6 is 0 Å². The topological polar surface area (TPSA) is 92.7 Å². The van der Waals surface area contributed by atoms with Gasteiger partial charge < -0.3 is 33.2 Å². The number of carbonyl (C=O) groups is 1. The van der Waals surface area contributed by atoms with Crippen LogP contribution in [0, 0.1) is 29.6 Å². The van der Waals surface area contributed by atoms with Crippen molar-refractivity contribution < 1.29 is 38.0 Å². The fourth-order valence-corrected chi connectivity index (χ4v) is 14.9. The lowest BCUT2D eigenvalue weighted by Crippen LogP contribution is -2.67. The van der Waals surface area contributed by atoms with Crippen molar-refractivity contribution >= 4 is 24.7 Å². The second kappa shape index (κ2) is 29.7. The van der Waals surface area contributed by atoms with Crippen LogP contribution in [0.1, 0.15) is 122 Å². The highest BCUT2D eigenvalue weighted by atomic mass is 28.4. The summed E-state index contributed by atoms with van der Waals surface area (Å²) < 4.78 is 38.1. The van der Waals surface area contributed by atoms with E-state index in [0.29, 0.717) is 31.6 Å². The summed E-state index contributed by atoms with van der Waals surface area (Å²) in [7, 11) is 0.602. The Balaban J connectivity index is 1.27. The van der Waals surface area contributed by atoms with Crippen molar-refractivity contribution in [2.24, 2.45) is 29.6 Å². The van der Waals surface area contributed by atoms with E-state index in [1.165, 1.54) is 10.4 Å². The van der Waals surface area contributed by atoms with Crippen LogP contribution in [-0.2, 0) is 31.9 Å². The average Bonchev–Trinajstić information content (AvgIpc) is 3.42. The summed E-state index contributed by atoms with van der Waals surface area (Å²) in [6.07, 6.45) is 9.26. The number of esters is 1. The minimum Gasteiger partial charge on any atom is -0.497 e. The molecule has 0 amide bonds. The van der Waals surface area contributed by atoms with Gasteiger partial charge in [-0.3, -0.25) is 0 Å². The molecule has 0 fully saturated rings. The van der Waals surface area contributed by atoms with Crippen LogP contribution < -0.4 is 19.8 Å². The van der Waals surface area contributed by atoms with Gasteiger partial charge in [-0.05, 0) is 126 Å². The van der Waals surface area contributed by atoms with E-state index in [4.69, 9.17) is 28.1 Å². The Labute approximate surface area is 446 Å². The largest absolute Gasteiger partial charge is 0.497 e. The maximum atomic E-state index is 13.2. The van der Waals surface area contributed by atoms with Crippen molar-refractivity contribution in [2.45, 2.75) is 150 Å². The van der Waals surface area contributed by atoms with Gasteiger partial charge in [0, 0.05) is 17.9 Å². The summed E-state index contributed by atoms with van der Waals surface area (Å²) in [5.41, 5.74) is 2.67. The number of aliphatic hydroxyl groups is 1. The molecule has 74 heavy (non-hydrogen) atoms. The zero-order valence-corrected chi connectivity index (χ0v) is 47.5. The van der Waals surface area contributed by atoms with E-state index in [2.05, 4.69) is 141 Å². The molecule has 5 rings (SSSR count). The molecule has 0 aliphatic carbocycles. The number of methoxy groups -OCH3 is 2. The third kappa shape index (κ3) is 17.4. The zero-order chi connectivity index (χ0) is 53.7. The Morgan fingerprint density at radius 1 is 0.568 bits per heavy atom. The highest BCUT2D eigenvalue weighted by molar-refractivity contribution is 6.99.